The summed E-state index contributed by atoms with van der Waals surface area (Å²) in [4.78, 5) is 0. The van der Waals surface area contributed by atoms with E-state index in [1.807, 2.05) is 0 Å². The van der Waals surface area contributed by atoms with Crippen molar-refractivity contribution in [3.8, 4) is 0 Å². The minimum absolute atomic E-state index is 0. The molecule has 1 aliphatic carbocycles. The largest absolute Gasteiger partial charge is 2.00 e. The van der Waals surface area contributed by atoms with Gasteiger partial charge in [0, 0.05) is 0 Å². The Hall–Kier alpha value is 1.26. The molecule has 0 aromatic rings. The average Bonchev–Trinajstić information content (AvgIpc) is 1.86. The molecule has 0 aromatic heterocycles. The maximum atomic E-state index is 4.06. The third-order valence-corrected chi connectivity index (χ3v) is 2.24. The standard InChI is InChI=1S/C8H14.Ca/c1-7-5-4-6-8(7,2)3;/h6-7H,1,4-5H2,2-3H3;/q-2;+2/t7-;/m0./s1. The van der Waals surface area contributed by atoms with Crippen LogP contribution in [0.5, 0.6) is 0 Å². The summed E-state index contributed by atoms with van der Waals surface area (Å²) in [6.45, 7) is 8.58. The van der Waals surface area contributed by atoms with Gasteiger partial charge in [0.05, 0.1) is 0 Å². The summed E-state index contributed by atoms with van der Waals surface area (Å²) in [7, 11) is 0. The predicted molar refractivity (Wildman–Crippen MR) is 41.9 cm³/mol. The Morgan fingerprint density at radius 1 is 1.56 bits per heavy atom. The molecule has 0 aliphatic heterocycles. The molecule has 1 aliphatic rings. The van der Waals surface area contributed by atoms with Crippen LogP contribution in [0.4, 0.5) is 0 Å². The van der Waals surface area contributed by atoms with Gasteiger partial charge >= 0.3 is 37.7 Å². The van der Waals surface area contributed by atoms with Gasteiger partial charge in [-0.1, -0.05) is 13.8 Å². The average molecular weight is 150 g/mol. The number of hydrogen-bond donors (Lipinski definition) is 0. The zero-order valence-electron chi connectivity index (χ0n) is 6.48. The molecule has 1 rings (SSSR count). The molecule has 0 spiro atoms. The van der Waals surface area contributed by atoms with Crippen LogP contribution < -0.4 is 0 Å². The van der Waals surface area contributed by atoms with Crippen LogP contribution >= 0.6 is 0 Å². The Morgan fingerprint density at radius 2 is 2.11 bits per heavy atom. The molecule has 48 valence electrons. The van der Waals surface area contributed by atoms with Gasteiger partial charge in [0.15, 0.2) is 0 Å². The van der Waals surface area contributed by atoms with Crippen molar-refractivity contribution in [2.24, 2.45) is 11.3 Å². The van der Waals surface area contributed by atoms with E-state index in [4.69, 9.17) is 0 Å². The molecule has 9 heavy (non-hydrogen) atoms. The Balaban J connectivity index is 0.000000640. The molecule has 1 atom stereocenters. The van der Waals surface area contributed by atoms with Gasteiger partial charge in [0.1, 0.15) is 0 Å². The fraction of sp³-hybridized carbons (Fsp3) is 0.750. The first kappa shape index (κ1) is 10.3. The van der Waals surface area contributed by atoms with E-state index in [1.54, 1.807) is 0 Å². The molecule has 0 nitrogen and oxygen atoms in total. The van der Waals surface area contributed by atoms with Gasteiger partial charge in [-0.2, -0.15) is 17.8 Å². The van der Waals surface area contributed by atoms with Crippen LogP contribution in [0.2, 0.25) is 0 Å². The van der Waals surface area contributed by atoms with Crippen LogP contribution in [-0.4, -0.2) is 37.7 Å². The second-order valence-corrected chi connectivity index (χ2v) is 3.30. The Morgan fingerprint density at radius 3 is 2.22 bits per heavy atom. The molecule has 0 unspecified atom stereocenters. The van der Waals surface area contributed by atoms with E-state index in [0.29, 0.717) is 11.3 Å². The summed E-state index contributed by atoms with van der Waals surface area (Å²) in [5.74, 6) is 0.655. The van der Waals surface area contributed by atoms with Crippen molar-refractivity contribution >= 4 is 37.7 Å². The number of rotatable bonds is 0. The summed E-state index contributed by atoms with van der Waals surface area (Å²) in [5.41, 5.74) is 0.417. The van der Waals surface area contributed by atoms with E-state index in [2.05, 4.69) is 27.2 Å². The first-order valence-corrected chi connectivity index (χ1v) is 3.30. The van der Waals surface area contributed by atoms with Gasteiger partial charge in [-0.25, -0.2) is 0 Å². The topological polar surface area (TPSA) is 0 Å². The third kappa shape index (κ3) is 2.40. The van der Waals surface area contributed by atoms with E-state index in [1.165, 1.54) is 12.8 Å². The first-order chi connectivity index (χ1) is 3.63. The molecule has 0 bridgehead atoms. The van der Waals surface area contributed by atoms with E-state index < -0.39 is 0 Å². The van der Waals surface area contributed by atoms with Crippen molar-refractivity contribution in [3.63, 3.8) is 0 Å². The Bertz CT molecular complexity index is 86.6. The third-order valence-electron chi connectivity index (χ3n) is 2.24. The minimum Gasteiger partial charge on any atom is -0.342 e. The van der Waals surface area contributed by atoms with Crippen LogP contribution in [0.25, 0.3) is 0 Å². The van der Waals surface area contributed by atoms with Crippen LogP contribution in [0.3, 0.4) is 0 Å². The summed E-state index contributed by atoms with van der Waals surface area (Å²) in [6.07, 6.45) is 4.93. The van der Waals surface area contributed by atoms with Gasteiger partial charge in [0.2, 0.25) is 0 Å². The normalized spacial score (nSPS) is 31.7. The SMILES string of the molecule is [CH2-][C@H]1CC[CH-]C1(C)C.[Ca+2]. The minimum atomic E-state index is 0. The van der Waals surface area contributed by atoms with Crippen molar-refractivity contribution in [3.05, 3.63) is 13.3 Å². The molecule has 0 N–H and O–H groups in total. The zero-order valence-corrected chi connectivity index (χ0v) is 8.69. The van der Waals surface area contributed by atoms with Crippen molar-refractivity contribution in [1.29, 1.82) is 0 Å². The second kappa shape index (κ2) is 3.59. The Kier molecular flexibility index (Phi) is 4.10. The second-order valence-electron chi connectivity index (χ2n) is 3.30. The molecule has 0 amide bonds. The zero-order chi connectivity index (χ0) is 6.20. The molecular weight excluding hydrogens is 136 g/mol. The van der Waals surface area contributed by atoms with Crippen molar-refractivity contribution in [1.82, 2.24) is 0 Å². The molecular formula is C8H14Ca. The van der Waals surface area contributed by atoms with Crippen LogP contribution in [0.1, 0.15) is 26.7 Å². The number of hydrogen-bond acceptors (Lipinski definition) is 0. The summed E-state index contributed by atoms with van der Waals surface area (Å²) in [5, 5.41) is 0. The van der Waals surface area contributed by atoms with Gasteiger partial charge in [-0.15, -0.1) is 6.42 Å². The molecule has 0 radical (unpaired) electrons. The summed E-state index contributed by atoms with van der Waals surface area (Å²) < 4.78 is 0. The summed E-state index contributed by atoms with van der Waals surface area (Å²) >= 11 is 0. The van der Waals surface area contributed by atoms with Crippen molar-refractivity contribution < 1.29 is 0 Å². The van der Waals surface area contributed by atoms with Gasteiger partial charge in [-0.05, 0) is 0 Å². The molecule has 0 aromatic carbocycles. The van der Waals surface area contributed by atoms with Gasteiger partial charge < -0.3 is 13.3 Å². The Labute approximate surface area is 88.4 Å². The van der Waals surface area contributed by atoms with E-state index in [-0.39, 0.29) is 37.7 Å². The van der Waals surface area contributed by atoms with Gasteiger partial charge in [0.25, 0.3) is 0 Å². The molecule has 1 saturated carbocycles. The maximum Gasteiger partial charge on any atom is 2.00 e. The first-order valence-electron chi connectivity index (χ1n) is 3.30. The van der Waals surface area contributed by atoms with Crippen LogP contribution in [0.15, 0.2) is 0 Å². The van der Waals surface area contributed by atoms with Crippen molar-refractivity contribution in [2.75, 3.05) is 0 Å². The molecule has 0 heterocycles. The molecule has 1 fully saturated rings. The quantitative estimate of drug-likeness (QED) is 0.366. The van der Waals surface area contributed by atoms with E-state index in [9.17, 15) is 0 Å². The van der Waals surface area contributed by atoms with Crippen molar-refractivity contribution in [2.45, 2.75) is 26.7 Å². The molecule has 0 saturated heterocycles. The van der Waals surface area contributed by atoms with Crippen LogP contribution in [-0.2, 0) is 0 Å². The van der Waals surface area contributed by atoms with E-state index >= 15 is 0 Å². The van der Waals surface area contributed by atoms with E-state index in [0.717, 1.165) is 0 Å². The fourth-order valence-electron chi connectivity index (χ4n) is 1.20. The van der Waals surface area contributed by atoms with Crippen LogP contribution in [0, 0.1) is 24.7 Å². The summed E-state index contributed by atoms with van der Waals surface area (Å²) in [6, 6.07) is 0. The molecule has 1 heteroatoms. The fourth-order valence-corrected chi connectivity index (χ4v) is 1.20. The smallest absolute Gasteiger partial charge is 0.342 e. The maximum absolute atomic E-state index is 4.06. The predicted octanol–water partition coefficient (Wildman–Crippen LogP) is 2.08. The van der Waals surface area contributed by atoms with Gasteiger partial charge in [-0.3, -0.25) is 0 Å². The monoisotopic (exact) mass is 150 g/mol.